The van der Waals surface area contributed by atoms with Gasteiger partial charge in [0.05, 0.1) is 12.1 Å². The molecule has 0 fully saturated rings. The fourth-order valence-electron chi connectivity index (χ4n) is 4.03. The fraction of sp³-hybridized carbons (Fsp3) is 0.185. The molecule has 0 saturated carbocycles. The Morgan fingerprint density at radius 3 is 1.70 bits per heavy atom. The molecule has 0 heterocycles. The van der Waals surface area contributed by atoms with Gasteiger partial charge in [0.25, 0.3) is 0 Å². The molecule has 6 heteroatoms. The molecule has 0 aliphatic carbocycles. The van der Waals surface area contributed by atoms with Crippen LogP contribution in [0.25, 0.3) is 6.08 Å². The molecule has 33 heavy (non-hydrogen) atoms. The van der Waals surface area contributed by atoms with Gasteiger partial charge in [-0.1, -0.05) is 103 Å². The maximum Gasteiger partial charge on any atom is 0.340 e. The van der Waals surface area contributed by atoms with E-state index in [1.165, 1.54) is 14.2 Å². The monoisotopic (exact) mass is 456 g/mol. The molecule has 0 aromatic heterocycles. The fourth-order valence-corrected chi connectivity index (χ4v) is 5.91. The van der Waals surface area contributed by atoms with Crippen LogP contribution in [0.5, 0.6) is 0 Å². The van der Waals surface area contributed by atoms with E-state index in [-0.39, 0.29) is 0 Å². The summed E-state index contributed by atoms with van der Waals surface area (Å²) in [6.07, 6.45) is 3.69. The van der Waals surface area contributed by atoms with Gasteiger partial charge >= 0.3 is 7.60 Å². The highest BCUT2D eigenvalue weighted by Gasteiger charge is 2.56. The van der Waals surface area contributed by atoms with E-state index >= 15 is 0 Å². The SMILES string of the molecule is COP(=O)(OC)C(c1ccccc1)C(C#N)(C#N)C(/C=C/c1ccccc1)c1ccccc1. The van der Waals surface area contributed by atoms with Gasteiger partial charge in [-0.2, -0.15) is 10.5 Å². The van der Waals surface area contributed by atoms with Gasteiger partial charge < -0.3 is 9.05 Å². The van der Waals surface area contributed by atoms with Gasteiger partial charge in [0.1, 0.15) is 5.66 Å². The first kappa shape index (κ1) is 24.2. The number of rotatable bonds is 9. The lowest BCUT2D eigenvalue weighted by Gasteiger charge is -2.37. The molecule has 2 unspecified atom stereocenters. The molecule has 0 aliphatic heterocycles. The van der Waals surface area contributed by atoms with Crippen LogP contribution in [0.15, 0.2) is 97.1 Å². The van der Waals surface area contributed by atoms with Gasteiger partial charge in [-0.25, -0.2) is 0 Å². The minimum absolute atomic E-state index is 0.529. The van der Waals surface area contributed by atoms with E-state index in [0.29, 0.717) is 5.56 Å². The molecule has 3 aromatic rings. The topological polar surface area (TPSA) is 83.1 Å². The van der Waals surface area contributed by atoms with Crippen LogP contribution >= 0.6 is 7.60 Å². The lowest BCUT2D eigenvalue weighted by atomic mass is 9.69. The van der Waals surface area contributed by atoms with E-state index in [2.05, 4.69) is 12.1 Å². The van der Waals surface area contributed by atoms with Gasteiger partial charge in [0.2, 0.25) is 0 Å². The number of hydrogen-bond donors (Lipinski definition) is 0. The first-order valence-corrected chi connectivity index (χ1v) is 12.0. The number of allylic oxidation sites excluding steroid dienone is 1. The molecule has 2 atom stereocenters. The van der Waals surface area contributed by atoms with Crippen molar-refractivity contribution in [3.8, 4) is 12.1 Å². The molecule has 0 radical (unpaired) electrons. The number of hydrogen-bond acceptors (Lipinski definition) is 5. The van der Waals surface area contributed by atoms with Crippen molar-refractivity contribution in [1.82, 2.24) is 0 Å². The molecule has 3 rings (SSSR count). The minimum Gasteiger partial charge on any atom is -0.311 e. The summed E-state index contributed by atoms with van der Waals surface area (Å²) in [5, 5.41) is 21.1. The van der Waals surface area contributed by atoms with Crippen molar-refractivity contribution in [3.63, 3.8) is 0 Å². The second-order valence-corrected chi connectivity index (χ2v) is 9.80. The van der Waals surface area contributed by atoms with Gasteiger partial charge in [0, 0.05) is 20.1 Å². The normalized spacial score (nSPS) is 13.7. The van der Waals surface area contributed by atoms with Crippen molar-refractivity contribution in [2.75, 3.05) is 14.2 Å². The maximum atomic E-state index is 13.9. The largest absolute Gasteiger partial charge is 0.340 e. The molecule has 0 spiro atoms. The first-order chi connectivity index (χ1) is 16.0. The van der Waals surface area contributed by atoms with Gasteiger partial charge in [0.15, 0.2) is 5.41 Å². The number of nitrogens with zero attached hydrogens (tertiary/aromatic N) is 2. The zero-order valence-electron chi connectivity index (χ0n) is 18.5. The third kappa shape index (κ3) is 4.98. The second kappa shape index (κ2) is 10.9. The molecule has 166 valence electrons. The van der Waals surface area contributed by atoms with Crippen molar-refractivity contribution in [2.24, 2.45) is 5.41 Å². The molecule has 0 saturated heterocycles. The summed E-state index contributed by atoms with van der Waals surface area (Å²) in [7, 11) is -1.37. The van der Waals surface area contributed by atoms with E-state index in [4.69, 9.17) is 9.05 Å². The summed E-state index contributed by atoms with van der Waals surface area (Å²) in [5.74, 6) is -0.724. The summed E-state index contributed by atoms with van der Waals surface area (Å²) in [5.41, 5.74) is -0.757. The van der Waals surface area contributed by atoms with Gasteiger partial charge in [-0.15, -0.1) is 0 Å². The van der Waals surface area contributed by atoms with Crippen molar-refractivity contribution in [2.45, 2.75) is 11.6 Å². The van der Waals surface area contributed by atoms with E-state index < -0.39 is 24.6 Å². The quantitative estimate of drug-likeness (QED) is 0.333. The summed E-state index contributed by atoms with van der Waals surface area (Å²) in [6.45, 7) is 0. The summed E-state index contributed by atoms with van der Waals surface area (Å²) < 4.78 is 24.6. The summed E-state index contributed by atoms with van der Waals surface area (Å²) in [4.78, 5) is 0. The van der Waals surface area contributed by atoms with Crippen LogP contribution in [0.3, 0.4) is 0 Å². The Balaban J connectivity index is 2.30. The predicted molar refractivity (Wildman–Crippen MR) is 129 cm³/mol. The third-order valence-corrected chi connectivity index (χ3v) is 8.03. The van der Waals surface area contributed by atoms with Crippen LogP contribution in [0.4, 0.5) is 0 Å². The van der Waals surface area contributed by atoms with Gasteiger partial charge in [-0.3, -0.25) is 4.57 Å². The maximum absolute atomic E-state index is 13.9. The predicted octanol–water partition coefficient (Wildman–Crippen LogP) is 6.74. The highest BCUT2D eigenvalue weighted by atomic mass is 31.2. The highest BCUT2D eigenvalue weighted by molar-refractivity contribution is 7.54. The second-order valence-electron chi connectivity index (χ2n) is 7.47. The summed E-state index contributed by atoms with van der Waals surface area (Å²) >= 11 is 0. The van der Waals surface area contributed by atoms with Crippen LogP contribution in [0, 0.1) is 28.1 Å². The first-order valence-electron chi connectivity index (χ1n) is 10.4. The van der Waals surface area contributed by atoms with E-state index in [9.17, 15) is 15.1 Å². The number of nitriles is 2. The van der Waals surface area contributed by atoms with E-state index in [1.54, 1.807) is 24.3 Å². The Labute approximate surface area is 195 Å². The van der Waals surface area contributed by atoms with Crippen LogP contribution in [0.2, 0.25) is 0 Å². The zero-order valence-corrected chi connectivity index (χ0v) is 19.4. The Hall–Kier alpha value is -3.47. The molecular weight excluding hydrogens is 431 g/mol. The molecular formula is C27H25N2O3P. The van der Waals surface area contributed by atoms with Crippen LogP contribution < -0.4 is 0 Å². The van der Waals surface area contributed by atoms with Crippen molar-refractivity contribution in [1.29, 1.82) is 10.5 Å². The lowest BCUT2D eigenvalue weighted by molar-refractivity contribution is 0.246. The molecule has 0 aliphatic rings. The molecule has 0 N–H and O–H groups in total. The van der Waals surface area contributed by atoms with E-state index in [0.717, 1.165) is 11.1 Å². The smallest absolute Gasteiger partial charge is 0.311 e. The Morgan fingerprint density at radius 2 is 1.24 bits per heavy atom. The summed E-state index contributed by atoms with van der Waals surface area (Å²) in [6, 6.07) is 32.2. The van der Waals surface area contributed by atoms with Crippen LogP contribution in [-0.4, -0.2) is 14.2 Å². The molecule has 5 nitrogen and oxygen atoms in total. The third-order valence-electron chi connectivity index (χ3n) is 5.67. The average molecular weight is 456 g/mol. The highest BCUT2D eigenvalue weighted by Crippen LogP contribution is 2.69. The van der Waals surface area contributed by atoms with Crippen molar-refractivity contribution < 1.29 is 13.6 Å². The van der Waals surface area contributed by atoms with E-state index in [1.807, 2.05) is 78.9 Å². The molecule has 3 aromatic carbocycles. The Bertz CT molecular complexity index is 1180. The Kier molecular flexibility index (Phi) is 7.99. The Morgan fingerprint density at radius 1 is 0.788 bits per heavy atom. The lowest BCUT2D eigenvalue weighted by Crippen LogP contribution is -2.33. The van der Waals surface area contributed by atoms with Crippen molar-refractivity contribution >= 4 is 13.7 Å². The average Bonchev–Trinajstić information content (AvgIpc) is 2.89. The van der Waals surface area contributed by atoms with Gasteiger partial charge in [-0.05, 0) is 16.7 Å². The molecule has 0 amide bonds. The number of benzene rings is 3. The zero-order chi connectivity index (χ0) is 23.7. The standard InChI is InChI=1S/C27H25N2O3P/c1-31-33(30,32-2)26(24-16-10-5-11-17-24)27(20-28,21-29)25(23-14-8-4-9-15-23)19-18-22-12-6-3-7-13-22/h3-19,25-26H,1-2H3/b19-18+. The van der Waals surface area contributed by atoms with Crippen LogP contribution in [0.1, 0.15) is 28.3 Å². The molecule has 0 bridgehead atoms. The minimum atomic E-state index is -3.92. The van der Waals surface area contributed by atoms with Crippen LogP contribution in [-0.2, 0) is 13.6 Å². The van der Waals surface area contributed by atoms with Crippen molar-refractivity contribution in [3.05, 3.63) is 114 Å².